The van der Waals surface area contributed by atoms with E-state index in [-0.39, 0.29) is 17.7 Å². The lowest BCUT2D eigenvalue weighted by atomic mass is 10.1. The summed E-state index contributed by atoms with van der Waals surface area (Å²) < 4.78 is 28.2. The van der Waals surface area contributed by atoms with E-state index in [0.717, 1.165) is 6.26 Å². The second kappa shape index (κ2) is 9.37. The molecular weight excluding hydrogens is 398 g/mol. The SMILES string of the molecule is Cc1cc(C(=O)NNC(=O)[C@H](CCS(C)(=O)=O)NC(=O)c2ccccc2)c(C)o1. The van der Waals surface area contributed by atoms with Crippen molar-refractivity contribution in [2.75, 3.05) is 12.0 Å². The number of furan rings is 1. The fraction of sp³-hybridized carbons (Fsp3) is 0.316. The molecule has 3 amide bonds. The Hall–Kier alpha value is -3.14. The maximum atomic E-state index is 12.5. The highest BCUT2D eigenvalue weighted by atomic mass is 32.2. The van der Waals surface area contributed by atoms with Crippen LogP contribution in [0.25, 0.3) is 0 Å². The zero-order valence-corrected chi connectivity index (χ0v) is 17.1. The molecule has 1 aromatic heterocycles. The standard InChI is InChI=1S/C19H23N3O6S/c1-12-11-15(13(2)28-12)18(24)21-22-19(25)16(9-10-29(3,26)27)20-17(23)14-7-5-4-6-8-14/h4-8,11,16H,9-10H2,1-3H3,(H,20,23)(H,21,24)(H,22,25)/t16-/m0/s1. The Bertz CT molecular complexity index is 998. The van der Waals surface area contributed by atoms with Crippen molar-refractivity contribution in [2.45, 2.75) is 26.3 Å². The number of rotatable bonds is 7. The van der Waals surface area contributed by atoms with Crippen LogP contribution in [-0.2, 0) is 14.6 Å². The zero-order valence-electron chi connectivity index (χ0n) is 16.3. The third-order valence-electron chi connectivity index (χ3n) is 4.02. The maximum absolute atomic E-state index is 12.5. The van der Waals surface area contributed by atoms with E-state index >= 15 is 0 Å². The van der Waals surface area contributed by atoms with Gasteiger partial charge in [-0.3, -0.25) is 25.2 Å². The Labute approximate surface area is 168 Å². The fourth-order valence-electron chi connectivity index (χ4n) is 2.56. The molecule has 1 atom stereocenters. The largest absolute Gasteiger partial charge is 0.466 e. The molecule has 0 bridgehead atoms. The van der Waals surface area contributed by atoms with E-state index in [1.165, 1.54) is 6.07 Å². The zero-order chi connectivity index (χ0) is 21.6. The number of carbonyl (C=O) groups excluding carboxylic acids is 3. The summed E-state index contributed by atoms with van der Waals surface area (Å²) in [5, 5.41) is 2.50. The highest BCUT2D eigenvalue weighted by Gasteiger charge is 2.24. The molecular formula is C19H23N3O6S. The molecule has 1 heterocycles. The van der Waals surface area contributed by atoms with Crippen LogP contribution in [-0.4, -0.2) is 44.2 Å². The molecule has 0 aliphatic carbocycles. The van der Waals surface area contributed by atoms with Gasteiger partial charge in [0.1, 0.15) is 27.4 Å². The molecule has 0 unspecified atom stereocenters. The first-order valence-corrected chi connectivity index (χ1v) is 10.8. The monoisotopic (exact) mass is 421 g/mol. The number of hydrogen-bond donors (Lipinski definition) is 3. The first-order valence-electron chi connectivity index (χ1n) is 8.77. The minimum atomic E-state index is -3.36. The topological polar surface area (TPSA) is 135 Å². The molecule has 0 saturated carbocycles. The van der Waals surface area contributed by atoms with Gasteiger partial charge in [0.2, 0.25) is 0 Å². The summed E-state index contributed by atoms with van der Waals surface area (Å²) in [6, 6.07) is 8.55. The van der Waals surface area contributed by atoms with Crippen LogP contribution in [0.15, 0.2) is 40.8 Å². The predicted molar refractivity (Wildman–Crippen MR) is 106 cm³/mol. The number of hydrogen-bond acceptors (Lipinski definition) is 6. The quantitative estimate of drug-likeness (QED) is 0.569. The second-order valence-corrected chi connectivity index (χ2v) is 8.84. The van der Waals surface area contributed by atoms with Gasteiger partial charge in [0.25, 0.3) is 17.7 Å². The fourth-order valence-corrected chi connectivity index (χ4v) is 3.22. The highest BCUT2D eigenvalue weighted by Crippen LogP contribution is 2.13. The van der Waals surface area contributed by atoms with Crippen LogP contribution in [0, 0.1) is 13.8 Å². The Morgan fingerprint density at radius 3 is 2.24 bits per heavy atom. The molecule has 0 aliphatic rings. The lowest BCUT2D eigenvalue weighted by Crippen LogP contribution is -2.52. The molecule has 2 rings (SSSR count). The molecule has 0 saturated heterocycles. The van der Waals surface area contributed by atoms with E-state index in [4.69, 9.17) is 4.42 Å². The van der Waals surface area contributed by atoms with Gasteiger partial charge in [-0.2, -0.15) is 0 Å². The van der Waals surface area contributed by atoms with Crippen molar-refractivity contribution in [3.63, 3.8) is 0 Å². The number of carbonyl (C=O) groups is 3. The Morgan fingerprint density at radius 2 is 1.69 bits per heavy atom. The smallest absolute Gasteiger partial charge is 0.273 e. The Balaban J connectivity index is 2.06. The summed E-state index contributed by atoms with van der Waals surface area (Å²) in [4.78, 5) is 37.0. The summed E-state index contributed by atoms with van der Waals surface area (Å²) in [6.07, 6.45) is 0.885. The molecule has 9 nitrogen and oxygen atoms in total. The van der Waals surface area contributed by atoms with Crippen molar-refractivity contribution in [1.82, 2.24) is 16.2 Å². The molecule has 3 N–H and O–H groups in total. The van der Waals surface area contributed by atoms with E-state index in [0.29, 0.717) is 17.1 Å². The summed E-state index contributed by atoms with van der Waals surface area (Å²) >= 11 is 0. The molecule has 0 aliphatic heterocycles. The van der Waals surface area contributed by atoms with Crippen molar-refractivity contribution in [2.24, 2.45) is 0 Å². The van der Waals surface area contributed by atoms with Crippen molar-refractivity contribution < 1.29 is 27.2 Å². The van der Waals surface area contributed by atoms with Crippen LogP contribution >= 0.6 is 0 Å². The van der Waals surface area contributed by atoms with E-state index in [9.17, 15) is 22.8 Å². The molecule has 29 heavy (non-hydrogen) atoms. The van der Waals surface area contributed by atoms with Crippen LogP contribution in [0.2, 0.25) is 0 Å². The predicted octanol–water partition coefficient (Wildman–Crippen LogP) is 0.891. The minimum absolute atomic E-state index is 0.150. The molecule has 2 aromatic rings. The molecule has 1 aromatic carbocycles. The van der Waals surface area contributed by atoms with Gasteiger partial charge in [0, 0.05) is 11.8 Å². The number of aryl methyl sites for hydroxylation is 2. The van der Waals surface area contributed by atoms with Crippen molar-refractivity contribution in [1.29, 1.82) is 0 Å². The average Bonchev–Trinajstić information content (AvgIpc) is 3.00. The normalized spacial score (nSPS) is 12.1. The minimum Gasteiger partial charge on any atom is -0.466 e. The molecule has 10 heteroatoms. The number of sulfone groups is 1. The van der Waals surface area contributed by atoms with Crippen molar-refractivity contribution in [3.05, 3.63) is 59.0 Å². The summed E-state index contributed by atoms with van der Waals surface area (Å²) in [5.41, 5.74) is 5.04. The van der Waals surface area contributed by atoms with Gasteiger partial charge >= 0.3 is 0 Å². The van der Waals surface area contributed by atoms with Crippen LogP contribution in [0.5, 0.6) is 0 Å². The first kappa shape index (κ1) is 22.2. The van der Waals surface area contributed by atoms with E-state index in [1.807, 2.05) is 0 Å². The second-order valence-electron chi connectivity index (χ2n) is 6.58. The third kappa shape index (κ3) is 6.75. The van der Waals surface area contributed by atoms with Gasteiger partial charge in [-0.1, -0.05) is 18.2 Å². The van der Waals surface area contributed by atoms with Crippen LogP contribution in [0.4, 0.5) is 0 Å². The summed E-state index contributed by atoms with van der Waals surface area (Å²) in [7, 11) is -3.36. The van der Waals surface area contributed by atoms with Crippen LogP contribution in [0.3, 0.4) is 0 Å². The lowest BCUT2D eigenvalue weighted by Gasteiger charge is -2.18. The van der Waals surface area contributed by atoms with E-state index in [1.54, 1.807) is 44.2 Å². The van der Waals surface area contributed by atoms with Gasteiger partial charge in [0.05, 0.1) is 11.3 Å². The number of nitrogens with one attached hydrogen (secondary N) is 3. The van der Waals surface area contributed by atoms with Gasteiger partial charge in [-0.15, -0.1) is 0 Å². The third-order valence-corrected chi connectivity index (χ3v) is 5.00. The van der Waals surface area contributed by atoms with Crippen LogP contribution in [0.1, 0.15) is 38.7 Å². The van der Waals surface area contributed by atoms with E-state index < -0.39 is 33.6 Å². The number of amides is 3. The Kier molecular flexibility index (Phi) is 7.16. The number of hydrazine groups is 1. The molecule has 0 spiro atoms. The Morgan fingerprint density at radius 1 is 1.03 bits per heavy atom. The van der Waals surface area contributed by atoms with Gasteiger partial charge in [0.15, 0.2) is 0 Å². The maximum Gasteiger partial charge on any atom is 0.273 e. The molecule has 0 radical (unpaired) electrons. The summed E-state index contributed by atoms with van der Waals surface area (Å²) in [6.45, 7) is 3.29. The number of benzene rings is 1. The summed E-state index contributed by atoms with van der Waals surface area (Å²) in [5.74, 6) is -1.26. The van der Waals surface area contributed by atoms with Gasteiger partial charge in [-0.05, 0) is 38.5 Å². The van der Waals surface area contributed by atoms with Crippen molar-refractivity contribution >= 4 is 27.6 Å². The first-order chi connectivity index (χ1) is 13.6. The lowest BCUT2D eigenvalue weighted by molar-refractivity contribution is -0.123. The molecule has 156 valence electrons. The van der Waals surface area contributed by atoms with E-state index in [2.05, 4.69) is 16.2 Å². The highest BCUT2D eigenvalue weighted by molar-refractivity contribution is 7.90. The van der Waals surface area contributed by atoms with Crippen LogP contribution < -0.4 is 16.2 Å². The average molecular weight is 421 g/mol. The van der Waals surface area contributed by atoms with Gasteiger partial charge in [-0.25, -0.2) is 8.42 Å². The van der Waals surface area contributed by atoms with Gasteiger partial charge < -0.3 is 9.73 Å². The molecule has 0 fully saturated rings. The van der Waals surface area contributed by atoms with Crippen molar-refractivity contribution in [3.8, 4) is 0 Å².